The van der Waals surface area contributed by atoms with E-state index < -0.39 is 7.82 Å². The van der Waals surface area contributed by atoms with E-state index in [9.17, 15) is 5.11 Å². The van der Waals surface area contributed by atoms with Crippen molar-refractivity contribution in [1.29, 1.82) is 0 Å². The summed E-state index contributed by atoms with van der Waals surface area (Å²) in [4.78, 5) is 21.6. The summed E-state index contributed by atoms with van der Waals surface area (Å²) < 4.78 is 15.5. The molecule has 0 aliphatic carbocycles. The molecule has 9 heteroatoms. The Morgan fingerprint density at radius 1 is 0.816 bits per heavy atom. The number of phosphoric acid groups is 1. The monoisotopic (exact) mass is 576 g/mol. The van der Waals surface area contributed by atoms with Crippen LogP contribution in [0.3, 0.4) is 0 Å². The van der Waals surface area contributed by atoms with Gasteiger partial charge in [-0.25, -0.2) is 4.57 Å². The van der Waals surface area contributed by atoms with Crippen molar-refractivity contribution in [1.82, 2.24) is 0 Å². The molecule has 2 rings (SSSR count). The zero-order valence-corrected chi connectivity index (χ0v) is 25.0. The van der Waals surface area contributed by atoms with Gasteiger partial charge in [-0.2, -0.15) is 0 Å². The molecule has 0 radical (unpaired) electrons. The molecule has 1 aromatic carbocycles. The molecule has 3 atom stereocenters. The van der Waals surface area contributed by atoms with Crippen LogP contribution in [0.15, 0.2) is 0 Å². The summed E-state index contributed by atoms with van der Waals surface area (Å²) in [5, 5.41) is 10.4. The van der Waals surface area contributed by atoms with E-state index in [2.05, 4.69) is 41.5 Å². The second kappa shape index (κ2) is 19.2. The van der Waals surface area contributed by atoms with Crippen LogP contribution < -0.4 is 4.74 Å². The Morgan fingerprint density at radius 2 is 1.26 bits per heavy atom. The third-order valence-electron chi connectivity index (χ3n) is 7.87. The molecule has 1 heterocycles. The summed E-state index contributed by atoms with van der Waals surface area (Å²) in [6.07, 6.45) is 14.1. The first-order valence-corrected chi connectivity index (χ1v) is 15.4. The normalized spacial score (nSPS) is 18.2. The zero-order chi connectivity index (χ0) is 27.7. The first-order valence-electron chi connectivity index (χ1n) is 13.8. The predicted octanol–water partition coefficient (Wildman–Crippen LogP) is 6.61. The van der Waals surface area contributed by atoms with Crippen LogP contribution in [-0.2, 0) is 11.0 Å². The Balaban J connectivity index is 0. The zero-order valence-electron chi connectivity index (χ0n) is 24.1. The summed E-state index contributed by atoms with van der Waals surface area (Å²) >= 11 is 0. The molecule has 0 spiro atoms. The molecule has 4 N–H and O–H groups in total. The molecule has 0 bridgehead atoms. The third kappa shape index (κ3) is 15.8. The Labute approximate surface area is 276 Å². The van der Waals surface area contributed by atoms with Gasteiger partial charge in [0.15, 0.2) is 0 Å². The molecule has 1 aliphatic rings. The number of hydrogen-bond acceptors (Lipinski definition) is 3. The van der Waals surface area contributed by atoms with Crippen molar-refractivity contribution in [2.45, 2.75) is 132 Å². The second-order valence-corrected chi connectivity index (χ2v) is 13.0. The van der Waals surface area contributed by atoms with Gasteiger partial charge in [0, 0.05) is 5.56 Å². The van der Waals surface area contributed by atoms with E-state index in [0.29, 0.717) is 5.75 Å². The molecular weight excluding hydrogens is 521 g/mol. The van der Waals surface area contributed by atoms with Gasteiger partial charge >= 0.3 is 66.9 Å². The molecular formula is C29H55Na2O6P. The van der Waals surface area contributed by atoms with Gasteiger partial charge in [-0.1, -0.05) is 72.6 Å². The third-order valence-corrected chi connectivity index (χ3v) is 7.87. The van der Waals surface area contributed by atoms with Gasteiger partial charge in [0.2, 0.25) is 0 Å². The van der Waals surface area contributed by atoms with Crippen LogP contribution in [0.5, 0.6) is 11.5 Å². The first-order chi connectivity index (χ1) is 16.5. The Kier molecular flexibility index (Phi) is 20.7. The molecule has 214 valence electrons. The number of fused-ring (bicyclic) bond motifs is 1. The summed E-state index contributed by atoms with van der Waals surface area (Å²) in [6, 6.07) is 0. The van der Waals surface area contributed by atoms with Gasteiger partial charge in [-0.15, -0.1) is 0 Å². The van der Waals surface area contributed by atoms with Gasteiger partial charge < -0.3 is 24.5 Å². The van der Waals surface area contributed by atoms with Crippen molar-refractivity contribution in [3.8, 4) is 11.5 Å². The molecule has 0 amide bonds. The van der Waals surface area contributed by atoms with Crippen LogP contribution in [-0.4, -0.2) is 84.5 Å². The number of phenols is 1. The molecule has 38 heavy (non-hydrogen) atoms. The van der Waals surface area contributed by atoms with Crippen molar-refractivity contribution in [2.24, 2.45) is 17.8 Å². The van der Waals surface area contributed by atoms with E-state index in [1.807, 2.05) is 13.8 Å². The first kappa shape index (κ1) is 41.1. The fourth-order valence-electron chi connectivity index (χ4n) is 5.27. The molecule has 1 aliphatic heterocycles. The van der Waals surface area contributed by atoms with Crippen LogP contribution >= 0.6 is 7.82 Å². The molecule has 6 nitrogen and oxygen atoms in total. The molecule has 0 saturated heterocycles. The Hall–Kier alpha value is 0.930. The van der Waals surface area contributed by atoms with Crippen molar-refractivity contribution in [2.75, 3.05) is 0 Å². The Bertz CT molecular complexity index is 865. The Morgan fingerprint density at radius 3 is 1.74 bits per heavy atom. The fourth-order valence-corrected chi connectivity index (χ4v) is 5.27. The number of rotatable bonds is 12. The van der Waals surface area contributed by atoms with Crippen molar-refractivity contribution in [3.63, 3.8) is 0 Å². The SMILES string of the molecule is Cc1c(C)c2c(c(C)c1O)CC[C@@](C)(CCCC(C)CCCC(C)CCCC(C)C)O2.O=P(O)(O)O.[NaH].[NaH]. The van der Waals surface area contributed by atoms with Crippen LogP contribution in [0.2, 0.25) is 0 Å². The van der Waals surface area contributed by atoms with Crippen LogP contribution in [0.25, 0.3) is 0 Å². The van der Waals surface area contributed by atoms with Crippen molar-refractivity contribution >= 4 is 66.9 Å². The molecule has 2 unspecified atom stereocenters. The van der Waals surface area contributed by atoms with Crippen molar-refractivity contribution < 1.29 is 29.1 Å². The van der Waals surface area contributed by atoms with E-state index in [-0.39, 0.29) is 64.7 Å². The second-order valence-electron chi connectivity index (χ2n) is 12.0. The summed E-state index contributed by atoms with van der Waals surface area (Å²) in [6.45, 7) is 17.9. The summed E-state index contributed by atoms with van der Waals surface area (Å²) in [5.74, 6) is 4.04. The van der Waals surface area contributed by atoms with E-state index in [0.717, 1.165) is 59.5 Å². The van der Waals surface area contributed by atoms with Crippen LogP contribution in [0.1, 0.15) is 121 Å². The number of ether oxygens (including phenoxy) is 1. The van der Waals surface area contributed by atoms with Gasteiger partial charge in [0.05, 0.1) is 0 Å². The van der Waals surface area contributed by atoms with E-state index in [1.165, 1.54) is 56.9 Å². The molecule has 0 saturated carbocycles. The van der Waals surface area contributed by atoms with E-state index >= 15 is 0 Å². The minimum absolute atomic E-state index is 0. The minimum atomic E-state index is -4.64. The van der Waals surface area contributed by atoms with E-state index in [1.54, 1.807) is 0 Å². The van der Waals surface area contributed by atoms with Crippen LogP contribution in [0, 0.1) is 38.5 Å². The standard InChI is InChI=1S/C29H50O2.2Na.H3O4P.2H/c1-20(2)12-9-13-21(3)14-10-15-22(4)16-11-18-29(8)19-17-26-25(7)27(30)23(5)24(6)28(26)31-29;;;1-5(2,3)4;;/h20-22,30H,9-19H2,1-8H3;;;(H3,1,2,3,4);;/t21?,22?,29-;;;;;/m1...../s1. The van der Waals surface area contributed by atoms with Gasteiger partial charge in [-0.3, -0.25) is 0 Å². The molecule has 1 aromatic rings. The summed E-state index contributed by atoms with van der Waals surface area (Å²) in [5.41, 5.74) is 4.23. The number of hydrogen-bond donors (Lipinski definition) is 4. The average molecular weight is 577 g/mol. The topological polar surface area (TPSA) is 107 Å². The van der Waals surface area contributed by atoms with Crippen molar-refractivity contribution in [3.05, 3.63) is 22.3 Å². The molecule has 0 aromatic heterocycles. The number of aromatic hydroxyl groups is 1. The van der Waals surface area contributed by atoms with Gasteiger partial charge in [-0.05, 0) is 87.8 Å². The number of benzene rings is 1. The average Bonchev–Trinajstić information content (AvgIpc) is 2.74. The number of phenolic OH excluding ortho intramolecular Hbond substituents is 1. The predicted molar refractivity (Wildman–Crippen MR) is 163 cm³/mol. The van der Waals surface area contributed by atoms with E-state index in [4.69, 9.17) is 24.0 Å². The summed E-state index contributed by atoms with van der Waals surface area (Å²) in [7, 11) is -4.64. The maximum atomic E-state index is 10.4. The fraction of sp³-hybridized carbons (Fsp3) is 0.793. The van der Waals surface area contributed by atoms with Gasteiger partial charge in [0.25, 0.3) is 0 Å². The molecule has 0 fully saturated rings. The maximum absolute atomic E-state index is 10.4. The quantitative estimate of drug-likeness (QED) is 0.165. The van der Waals surface area contributed by atoms with Gasteiger partial charge in [0.1, 0.15) is 17.1 Å². The van der Waals surface area contributed by atoms with Crippen LogP contribution in [0.4, 0.5) is 0 Å².